The first-order valence-electron chi connectivity index (χ1n) is 5.46. The van der Waals surface area contributed by atoms with Crippen molar-refractivity contribution in [2.75, 3.05) is 18.4 Å². The monoisotopic (exact) mass is 270 g/mol. The number of halogens is 1. The first kappa shape index (κ1) is 9.78. The summed E-state index contributed by atoms with van der Waals surface area (Å²) in [5, 5.41) is 9.23. The summed E-state index contributed by atoms with van der Waals surface area (Å²) in [6, 6.07) is 0. The first-order chi connectivity index (χ1) is 7.31. The summed E-state index contributed by atoms with van der Waals surface area (Å²) < 4.78 is 2.16. The third-order valence-corrected chi connectivity index (χ3v) is 4.71. The lowest BCUT2D eigenvalue weighted by Gasteiger charge is -2.29. The highest BCUT2D eigenvalue weighted by Gasteiger charge is 2.43. The molecular weight excluding hydrogens is 256 g/mol. The van der Waals surface area contributed by atoms with Crippen LogP contribution in [0.15, 0.2) is 6.33 Å². The Bertz CT molecular complexity index is 358. The van der Waals surface area contributed by atoms with Gasteiger partial charge in [-0.25, -0.2) is 0 Å². The van der Waals surface area contributed by atoms with Gasteiger partial charge in [0.1, 0.15) is 12.2 Å². The van der Waals surface area contributed by atoms with E-state index in [2.05, 4.69) is 35.6 Å². The standard InChI is InChI=1S/C10H15BrN4/c11-6-10(1-2-10)7-14-3-4-15-8-12-13-9(15)5-14/h8H,1-7H2. The molecule has 1 aliphatic carbocycles. The molecule has 2 heterocycles. The van der Waals surface area contributed by atoms with E-state index in [-0.39, 0.29) is 0 Å². The minimum Gasteiger partial charge on any atom is -0.315 e. The van der Waals surface area contributed by atoms with E-state index in [1.807, 2.05) is 6.33 Å². The number of aromatic nitrogens is 3. The number of fused-ring (bicyclic) bond motifs is 1. The van der Waals surface area contributed by atoms with Crippen molar-refractivity contribution in [2.24, 2.45) is 5.41 Å². The van der Waals surface area contributed by atoms with Gasteiger partial charge < -0.3 is 4.57 Å². The number of hydrogen-bond acceptors (Lipinski definition) is 3. The SMILES string of the molecule is BrCC1(CN2CCn3cnnc3C2)CC1. The quantitative estimate of drug-likeness (QED) is 0.776. The second kappa shape index (κ2) is 3.56. The molecule has 3 rings (SSSR count). The van der Waals surface area contributed by atoms with Crippen LogP contribution in [0.2, 0.25) is 0 Å². The fourth-order valence-corrected chi connectivity index (χ4v) is 2.97. The summed E-state index contributed by atoms with van der Waals surface area (Å²) in [5.41, 5.74) is 0.572. The summed E-state index contributed by atoms with van der Waals surface area (Å²) in [6.45, 7) is 4.36. The average molecular weight is 271 g/mol. The van der Waals surface area contributed by atoms with Crippen molar-refractivity contribution in [3.8, 4) is 0 Å². The minimum absolute atomic E-state index is 0.572. The van der Waals surface area contributed by atoms with Crippen LogP contribution in [-0.4, -0.2) is 38.1 Å². The minimum atomic E-state index is 0.572. The molecule has 4 nitrogen and oxygen atoms in total. The van der Waals surface area contributed by atoms with Gasteiger partial charge in [-0.15, -0.1) is 10.2 Å². The van der Waals surface area contributed by atoms with Crippen LogP contribution in [0.5, 0.6) is 0 Å². The van der Waals surface area contributed by atoms with Crippen molar-refractivity contribution in [1.82, 2.24) is 19.7 Å². The molecule has 1 aliphatic heterocycles. The molecule has 15 heavy (non-hydrogen) atoms. The molecule has 2 aliphatic rings. The molecule has 1 aromatic heterocycles. The van der Waals surface area contributed by atoms with Crippen molar-refractivity contribution in [3.63, 3.8) is 0 Å². The molecule has 82 valence electrons. The van der Waals surface area contributed by atoms with Gasteiger partial charge in [0.05, 0.1) is 6.54 Å². The highest BCUT2D eigenvalue weighted by Crippen LogP contribution is 2.47. The summed E-state index contributed by atoms with van der Waals surface area (Å²) >= 11 is 3.62. The van der Waals surface area contributed by atoms with Gasteiger partial charge in [-0.05, 0) is 18.3 Å². The molecule has 0 bridgehead atoms. The third-order valence-electron chi connectivity index (χ3n) is 3.52. The van der Waals surface area contributed by atoms with E-state index >= 15 is 0 Å². The van der Waals surface area contributed by atoms with Gasteiger partial charge in [-0.2, -0.15) is 0 Å². The Hall–Kier alpha value is -0.420. The fraction of sp³-hybridized carbons (Fsp3) is 0.800. The Kier molecular flexibility index (Phi) is 2.32. The third kappa shape index (κ3) is 1.83. The van der Waals surface area contributed by atoms with Gasteiger partial charge in [0.2, 0.25) is 0 Å². The Morgan fingerprint density at radius 1 is 1.40 bits per heavy atom. The molecule has 0 radical (unpaired) electrons. The highest BCUT2D eigenvalue weighted by atomic mass is 79.9. The maximum atomic E-state index is 4.14. The molecule has 1 saturated carbocycles. The zero-order valence-corrected chi connectivity index (χ0v) is 10.3. The molecule has 1 fully saturated rings. The zero-order valence-electron chi connectivity index (χ0n) is 8.69. The van der Waals surface area contributed by atoms with Gasteiger partial charge >= 0.3 is 0 Å². The van der Waals surface area contributed by atoms with Crippen molar-refractivity contribution in [2.45, 2.75) is 25.9 Å². The van der Waals surface area contributed by atoms with Crippen molar-refractivity contribution >= 4 is 15.9 Å². The number of nitrogens with zero attached hydrogens (tertiary/aromatic N) is 4. The van der Waals surface area contributed by atoms with Crippen LogP contribution in [0.25, 0.3) is 0 Å². The Morgan fingerprint density at radius 2 is 2.27 bits per heavy atom. The Balaban J connectivity index is 1.66. The molecule has 0 N–H and O–H groups in total. The number of alkyl halides is 1. The van der Waals surface area contributed by atoms with Crippen LogP contribution in [0.1, 0.15) is 18.7 Å². The molecule has 0 aromatic carbocycles. The van der Waals surface area contributed by atoms with Crippen LogP contribution in [-0.2, 0) is 13.1 Å². The van der Waals surface area contributed by atoms with E-state index in [1.54, 1.807) is 0 Å². The van der Waals surface area contributed by atoms with E-state index < -0.39 is 0 Å². The van der Waals surface area contributed by atoms with Crippen molar-refractivity contribution in [3.05, 3.63) is 12.2 Å². The van der Waals surface area contributed by atoms with E-state index in [4.69, 9.17) is 0 Å². The second-order valence-corrected chi connectivity index (χ2v) is 5.35. The topological polar surface area (TPSA) is 34.0 Å². The van der Waals surface area contributed by atoms with Crippen LogP contribution in [0.3, 0.4) is 0 Å². The van der Waals surface area contributed by atoms with Gasteiger partial charge in [0.15, 0.2) is 0 Å². The normalized spacial score (nSPS) is 23.8. The number of hydrogen-bond donors (Lipinski definition) is 0. The summed E-state index contributed by atoms with van der Waals surface area (Å²) in [7, 11) is 0. The summed E-state index contributed by atoms with van der Waals surface area (Å²) in [6.07, 6.45) is 4.59. The van der Waals surface area contributed by atoms with Crippen molar-refractivity contribution < 1.29 is 0 Å². The molecule has 0 spiro atoms. The van der Waals surface area contributed by atoms with E-state index in [0.717, 1.165) is 30.8 Å². The maximum absolute atomic E-state index is 4.14. The smallest absolute Gasteiger partial charge is 0.147 e. The predicted molar refractivity (Wildman–Crippen MR) is 60.8 cm³/mol. The lowest BCUT2D eigenvalue weighted by molar-refractivity contribution is 0.184. The molecule has 0 saturated heterocycles. The lowest BCUT2D eigenvalue weighted by atomic mass is 10.1. The second-order valence-electron chi connectivity index (χ2n) is 4.78. The van der Waals surface area contributed by atoms with Gasteiger partial charge in [-0.1, -0.05) is 15.9 Å². The van der Waals surface area contributed by atoms with E-state index in [0.29, 0.717) is 5.41 Å². The van der Waals surface area contributed by atoms with Gasteiger partial charge in [0, 0.05) is 25.0 Å². The van der Waals surface area contributed by atoms with Gasteiger partial charge in [0.25, 0.3) is 0 Å². The van der Waals surface area contributed by atoms with Gasteiger partial charge in [-0.3, -0.25) is 4.90 Å². The van der Waals surface area contributed by atoms with E-state index in [9.17, 15) is 0 Å². The summed E-state index contributed by atoms with van der Waals surface area (Å²) in [5.74, 6) is 1.12. The average Bonchev–Trinajstić information content (AvgIpc) is 2.88. The van der Waals surface area contributed by atoms with Crippen molar-refractivity contribution in [1.29, 1.82) is 0 Å². The van der Waals surface area contributed by atoms with Crippen LogP contribution in [0.4, 0.5) is 0 Å². The Morgan fingerprint density at radius 3 is 3.00 bits per heavy atom. The lowest BCUT2D eigenvalue weighted by Crippen LogP contribution is -2.38. The Labute approximate surface area is 97.8 Å². The zero-order chi connectivity index (χ0) is 10.3. The molecule has 0 amide bonds. The summed E-state index contributed by atoms with van der Waals surface area (Å²) in [4.78, 5) is 2.51. The fourth-order valence-electron chi connectivity index (χ4n) is 2.24. The maximum Gasteiger partial charge on any atom is 0.147 e. The first-order valence-corrected chi connectivity index (χ1v) is 6.59. The number of rotatable bonds is 3. The predicted octanol–water partition coefficient (Wildman–Crippen LogP) is 1.27. The molecule has 0 unspecified atom stereocenters. The van der Waals surface area contributed by atoms with E-state index in [1.165, 1.54) is 19.4 Å². The molecular formula is C10H15BrN4. The van der Waals surface area contributed by atoms with Crippen LogP contribution < -0.4 is 0 Å². The largest absolute Gasteiger partial charge is 0.315 e. The van der Waals surface area contributed by atoms with Crippen LogP contribution in [0, 0.1) is 5.41 Å². The van der Waals surface area contributed by atoms with Crippen LogP contribution >= 0.6 is 15.9 Å². The molecule has 0 atom stereocenters. The highest BCUT2D eigenvalue weighted by molar-refractivity contribution is 9.09. The molecule has 5 heteroatoms. The molecule has 1 aromatic rings.